The lowest BCUT2D eigenvalue weighted by Crippen LogP contribution is -2.31. The zero-order valence-corrected chi connectivity index (χ0v) is 11.6. The molecular weight excluding hydrogens is 264 g/mol. The second-order valence-corrected chi connectivity index (χ2v) is 5.59. The maximum atomic E-state index is 12.4. The number of carbonyl (C=O) groups excluding carboxylic acids is 2. The first-order valence-electron chi connectivity index (χ1n) is 7.05. The molecule has 0 saturated carbocycles. The fourth-order valence-electron chi connectivity index (χ4n) is 3.76. The summed E-state index contributed by atoms with van der Waals surface area (Å²) in [5, 5.41) is 0. The van der Waals surface area contributed by atoms with Crippen LogP contribution in [-0.4, -0.2) is 18.9 Å². The molecule has 0 aliphatic heterocycles. The summed E-state index contributed by atoms with van der Waals surface area (Å²) in [6.07, 6.45) is 0.224. The summed E-state index contributed by atoms with van der Waals surface area (Å²) in [4.78, 5) is 24.5. The van der Waals surface area contributed by atoms with E-state index in [1.807, 2.05) is 30.3 Å². The summed E-state index contributed by atoms with van der Waals surface area (Å²) < 4.78 is 4.93. The largest absolute Gasteiger partial charge is 0.469 e. The molecule has 4 rings (SSSR count). The Kier molecular flexibility index (Phi) is 2.52. The Balaban J connectivity index is 2.02. The third-order valence-corrected chi connectivity index (χ3v) is 4.62. The maximum Gasteiger partial charge on any atom is 0.310 e. The van der Waals surface area contributed by atoms with Gasteiger partial charge in [0.2, 0.25) is 0 Å². The van der Waals surface area contributed by atoms with E-state index in [2.05, 4.69) is 12.1 Å². The van der Waals surface area contributed by atoms with E-state index in [-0.39, 0.29) is 24.1 Å². The summed E-state index contributed by atoms with van der Waals surface area (Å²) in [7, 11) is 1.38. The Bertz CT molecular complexity index is 776. The van der Waals surface area contributed by atoms with Crippen LogP contribution in [0.1, 0.15) is 33.8 Å². The lowest BCUT2D eigenvalue weighted by Gasteiger charge is -2.28. The first kappa shape index (κ1) is 12.3. The number of ketones is 1. The number of hydrogen-bond donors (Lipinski definition) is 0. The molecule has 3 nitrogen and oxygen atoms in total. The number of rotatable bonds is 1. The van der Waals surface area contributed by atoms with E-state index in [0.717, 1.165) is 27.8 Å². The van der Waals surface area contributed by atoms with Crippen LogP contribution in [0.3, 0.4) is 0 Å². The molecule has 104 valence electrons. The van der Waals surface area contributed by atoms with E-state index < -0.39 is 5.92 Å². The molecule has 0 amide bonds. The summed E-state index contributed by atoms with van der Waals surface area (Å²) >= 11 is 0. The highest BCUT2D eigenvalue weighted by Crippen LogP contribution is 2.53. The van der Waals surface area contributed by atoms with E-state index in [1.54, 1.807) is 0 Å². The van der Waals surface area contributed by atoms with E-state index >= 15 is 0 Å². The third kappa shape index (κ3) is 1.54. The molecule has 2 aliphatic rings. The smallest absolute Gasteiger partial charge is 0.310 e. The number of fused-ring (bicyclic) bond motifs is 3. The van der Waals surface area contributed by atoms with E-state index in [0.29, 0.717) is 0 Å². The normalized spacial score (nSPS) is 21.7. The van der Waals surface area contributed by atoms with Crippen molar-refractivity contribution in [3.63, 3.8) is 0 Å². The SMILES string of the molecule is COC(=O)[C@@H]1CC(=O)c2cccc3c2[C@H]1c1ccccc1-3. The van der Waals surface area contributed by atoms with Gasteiger partial charge in [-0.3, -0.25) is 9.59 Å². The summed E-state index contributed by atoms with van der Waals surface area (Å²) in [6.45, 7) is 0. The van der Waals surface area contributed by atoms with E-state index in [1.165, 1.54) is 7.11 Å². The van der Waals surface area contributed by atoms with Gasteiger partial charge < -0.3 is 4.74 Å². The van der Waals surface area contributed by atoms with Crippen molar-refractivity contribution in [2.24, 2.45) is 5.92 Å². The Morgan fingerprint density at radius 2 is 1.76 bits per heavy atom. The molecule has 0 unspecified atom stereocenters. The Morgan fingerprint density at radius 3 is 2.57 bits per heavy atom. The standard InChI is InChI=1S/C18H14O3/c1-21-18(20)14-9-15(19)13-8-4-7-12-10-5-2-3-6-11(10)17(14)16(12)13/h2-8,14,17H,9H2,1H3/t14-,17+/m1/s1. The van der Waals surface area contributed by atoms with Crippen molar-refractivity contribution in [3.8, 4) is 11.1 Å². The number of hydrogen-bond acceptors (Lipinski definition) is 3. The Labute approximate surface area is 122 Å². The molecule has 0 saturated heterocycles. The van der Waals surface area contributed by atoms with Gasteiger partial charge in [-0.2, -0.15) is 0 Å². The molecule has 21 heavy (non-hydrogen) atoms. The van der Waals surface area contributed by atoms with Crippen LogP contribution < -0.4 is 0 Å². The van der Waals surface area contributed by atoms with Gasteiger partial charge in [0.15, 0.2) is 5.78 Å². The van der Waals surface area contributed by atoms with Crippen LogP contribution in [0.5, 0.6) is 0 Å². The van der Waals surface area contributed by atoms with Gasteiger partial charge in [-0.1, -0.05) is 42.5 Å². The van der Waals surface area contributed by atoms with Crippen LogP contribution >= 0.6 is 0 Å². The lowest BCUT2D eigenvalue weighted by molar-refractivity contribution is -0.145. The fourth-order valence-corrected chi connectivity index (χ4v) is 3.76. The van der Waals surface area contributed by atoms with Crippen LogP contribution in [-0.2, 0) is 9.53 Å². The second kappa shape index (κ2) is 4.29. The Hall–Kier alpha value is -2.42. The molecule has 0 bridgehead atoms. The quantitative estimate of drug-likeness (QED) is 0.752. The molecule has 2 aromatic rings. The predicted octanol–water partition coefficient (Wildman–Crippen LogP) is 3.17. The Morgan fingerprint density at radius 1 is 1.05 bits per heavy atom. The van der Waals surface area contributed by atoms with Gasteiger partial charge in [0.1, 0.15) is 0 Å². The summed E-state index contributed by atoms with van der Waals surface area (Å²) in [5.74, 6) is -0.742. The van der Waals surface area contributed by atoms with Crippen molar-refractivity contribution in [2.75, 3.05) is 7.11 Å². The van der Waals surface area contributed by atoms with Gasteiger partial charge >= 0.3 is 5.97 Å². The van der Waals surface area contributed by atoms with Gasteiger partial charge in [0.05, 0.1) is 13.0 Å². The molecular formula is C18H14O3. The number of Topliss-reactive ketones (excluding diaryl/α,β-unsaturated/α-hetero) is 1. The van der Waals surface area contributed by atoms with Crippen LogP contribution in [0.25, 0.3) is 11.1 Å². The zero-order valence-electron chi connectivity index (χ0n) is 11.6. The fraction of sp³-hybridized carbons (Fsp3) is 0.222. The van der Waals surface area contributed by atoms with Crippen LogP contribution in [0.4, 0.5) is 0 Å². The molecule has 0 spiro atoms. The van der Waals surface area contributed by atoms with E-state index in [9.17, 15) is 9.59 Å². The summed E-state index contributed by atoms with van der Waals surface area (Å²) in [6, 6.07) is 13.9. The highest BCUT2D eigenvalue weighted by atomic mass is 16.5. The summed E-state index contributed by atoms with van der Waals surface area (Å²) in [5.41, 5.74) is 5.10. The number of carbonyl (C=O) groups is 2. The van der Waals surface area contributed by atoms with Gasteiger partial charge in [-0.05, 0) is 22.3 Å². The topological polar surface area (TPSA) is 43.4 Å². The van der Waals surface area contributed by atoms with Crippen molar-refractivity contribution in [1.29, 1.82) is 0 Å². The highest BCUT2D eigenvalue weighted by molar-refractivity contribution is 6.05. The average molecular weight is 278 g/mol. The molecule has 2 atom stereocenters. The second-order valence-electron chi connectivity index (χ2n) is 5.59. The zero-order chi connectivity index (χ0) is 14.6. The molecule has 0 aromatic heterocycles. The monoisotopic (exact) mass is 278 g/mol. The van der Waals surface area contributed by atoms with Gasteiger partial charge in [-0.15, -0.1) is 0 Å². The maximum absolute atomic E-state index is 12.4. The minimum absolute atomic E-state index is 0.0336. The van der Waals surface area contributed by atoms with Crippen molar-refractivity contribution in [2.45, 2.75) is 12.3 Å². The van der Waals surface area contributed by atoms with Crippen molar-refractivity contribution in [3.05, 3.63) is 59.2 Å². The lowest BCUT2D eigenvalue weighted by atomic mass is 9.74. The van der Waals surface area contributed by atoms with E-state index in [4.69, 9.17) is 4.74 Å². The third-order valence-electron chi connectivity index (χ3n) is 4.62. The number of ether oxygens (including phenoxy) is 1. The molecule has 0 fully saturated rings. The number of benzene rings is 2. The minimum atomic E-state index is -0.417. The highest BCUT2D eigenvalue weighted by Gasteiger charge is 2.45. The number of methoxy groups -OCH3 is 1. The van der Waals surface area contributed by atoms with Crippen molar-refractivity contribution < 1.29 is 14.3 Å². The number of esters is 1. The first-order chi connectivity index (χ1) is 10.2. The van der Waals surface area contributed by atoms with Crippen molar-refractivity contribution >= 4 is 11.8 Å². The molecule has 2 aliphatic carbocycles. The van der Waals surface area contributed by atoms with Crippen LogP contribution in [0.15, 0.2) is 42.5 Å². The van der Waals surface area contributed by atoms with Crippen LogP contribution in [0.2, 0.25) is 0 Å². The predicted molar refractivity (Wildman–Crippen MR) is 78.2 cm³/mol. The minimum Gasteiger partial charge on any atom is -0.469 e. The first-order valence-corrected chi connectivity index (χ1v) is 7.05. The van der Waals surface area contributed by atoms with Crippen LogP contribution in [0, 0.1) is 5.92 Å². The molecule has 2 aromatic carbocycles. The van der Waals surface area contributed by atoms with Gasteiger partial charge in [0, 0.05) is 17.9 Å². The molecule has 3 heteroatoms. The van der Waals surface area contributed by atoms with Gasteiger partial charge in [0.25, 0.3) is 0 Å². The van der Waals surface area contributed by atoms with Crippen molar-refractivity contribution in [1.82, 2.24) is 0 Å². The molecule has 0 heterocycles. The average Bonchev–Trinajstić information content (AvgIpc) is 2.86. The molecule has 0 radical (unpaired) electrons. The van der Waals surface area contributed by atoms with Gasteiger partial charge in [-0.25, -0.2) is 0 Å². The molecule has 0 N–H and O–H groups in total.